The topological polar surface area (TPSA) is 120 Å². The molecule has 1 aliphatic rings. The largest absolute Gasteiger partial charge is 0.376 e. The van der Waals surface area contributed by atoms with Crippen LogP contribution in [0, 0.1) is 18.3 Å². The van der Waals surface area contributed by atoms with Gasteiger partial charge in [-0.1, -0.05) is 5.16 Å². The number of aryl methyl sites for hydroxylation is 1. The fraction of sp³-hybridized carbons (Fsp3) is 0.368. The predicted molar refractivity (Wildman–Crippen MR) is 101 cm³/mol. The third-order valence-corrected chi connectivity index (χ3v) is 4.23. The van der Waals surface area contributed by atoms with Crippen molar-refractivity contribution in [2.75, 3.05) is 30.3 Å². The summed E-state index contributed by atoms with van der Waals surface area (Å²) >= 11 is 0. The van der Waals surface area contributed by atoms with Crippen LogP contribution in [0.2, 0.25) is 0 Å². The molecule has 1 atom stereocenters. The Morgan fingerprint density at radius 3 is 2.71 bits per heavy atom. The van der Waals surface area contributed by atoms with Crippen LogP contribution >= 0.6 is 0 Å². The maximum Gasteiger partial charge on any atom is 0.322 e. The molecule has 1 fully saturated rings. The minimum Gasteiger partial charge on any atom is -0.376 e. The molecule has 146 valence electrons. The maximum absolute atomic E-state index is 12.7. The predicted octanol–water partition coefficient (Wildman–Crippen LogP) is 2.51. The maximum atomic E-state index is 12.7. The lowest BCUT2D eigenvalue weighted by Crippen LogP contribution is -2.44. The molecule has 2 aromatic rings. The zero-order valence-electron chi connectivity index (χ0n) is 15.5. The van der Waals surface area contributed by atoms with Crippen molar-refractivity contribution in [1.29, 1.82) is 5.26 Å². The summed E-state index contributed by atoms with van der Waals surface area (Å²) in [5.74, 6) is 0.485. The number of hydrogen-bond acceptors (Lipinski definition) is 6. The van der Waals surface area contributed by atoms with Gasteiger partial charge in [-0.05, 0) is 44.0 Å². The Labute approximate surface area is 162 Å². The zero-order chi connectivity index (χ0) is 19.9. The van der Waals surface area contributed by atoms with Crippen molar-refractivity contribution in [3.63, 3.8) is 0 Å². The minimum absolute atomic E-state index is 0.103. The third kappa shape index (κ3) is 5.31. The molecular weight excluding hydrogens is 362 g/mol. The Bertz CT molecular complexity index is 865. The normalized spacial score (nSPS) is 15.6. The van der Waals surface area contributed by atoms with Crippen molar-refractivity contribution in [1.82, 2.24) is 10.1 Å². The van der Waals surface area contributed by atoms with E-state index in [-0.39, 0.29) is 18.6 Å². The highest BCUT2D eigenvalue weighted by Gasteiger charge is 2.25. The SMILES string of the molecule is Cc1cc(NC(=O)CN(C[C@H]2CCCO2)C(=O)Nc2ccc(C#N)cc2)no1. The van der Waals surface area contributed by atoms with Gasteiger partial charge in [0.15, 0.2) is 5.82 Å². The highest BCUT2D eigenvalue weighted by atomic mass is 16.5. The van der Waals surface area contributed by atoms with E-state index in [4.69, 9.17) is 14.5 Å². The van der Waals surface area contributed by atoms with E-state index in [1.54, 1.807) is 37.3 Å². The van der Waals surface area contributed by atoms with Crippen molar-refractivity contribution < 1.29 is 18.8 Å². The van der Waals surface area contributed by atoms with Gasteiger partial charge in [0.05, 0.1) is 17.7 Å². The Kier molecular flexibility index (Phi) is 6.24. The van der Waals surface area contributed by atoms with Gasteiger partial charge < -0.3 is 24.8 Å². The molecule has 3 rings (SSSR count). The summed E-state index contributed by atoms with van der Waals surface area (Å²) in [6.45, 7) is 2.51. The molecule has 0 spiro atoms. The number of anilines is 2. The average molecular weight is 383 g/mol. The van der Waals surface area contributed by atoms with Crippen LogP contribution in [0.1, 0.15) is 24.2 Å². The van der Waals surface area contributed by atoms with Crippen LogP contribution in [-0.2, 0) is 9.53 Å². The molecule has 0 aliphatic carbocycles. The van der Waals surface area contributed by atoms with E-state index < -0.39 is 6.03 Å². The van der Waals surface area contributed by atoms with Crippen molar-refractivity contribution in [2.45, 2.75) is 25.9 Å². The molecule has 3 amide bonds. The first kappa shape index (κ1) is 19.4. The number of amides is 3. The van der Waals surface area contributed by atoms with Crippen LogP contribution in [0.15, 0.2) is 34.9 Å². The summed E-state index contributed by atoms with van der Waals surface area (Å²) < 4.78 is 10.5. The van der Waals surface area contributed by atoms with E-state index in [0.29, 0.717) is 36.0 Å². The van der Waals surface area contributed by atoms with Crippen molar-refractivity contribution in [3.8, 4) is 6.07 Å². The molecule has 1 saturated heterocycles. The van der Waals surface area contributed by atoms with Crippen molar-refractivity contribution in [3.05, 3.63) is 41.7 Å². The fourth-order valence-electron chi connectivity index (χ4n) is 2.87. The summed E-state index contributed by atoms with van der Waals surface area (Å²) in [6.07, 6.45) is 1.67. The second-order valence-electron chi connectivity index (χ2n) is 6.51. The quantitative estimate of drug-likeness (QED) is 0.791. The van der Waals surface area contributed by atoms with E-state index in [0.717, 1.165) is 12.8 Å². The molecule has 0 radical (unpaired) electrons. The highest BCUT2D eigenvalue weighted by Crippen LogP contribution is 2.15. The molecule has 1 aromatic carbocycles. The Hall–Kier alpha value is -3.38. The molecule has 9 nitrogen and oxygen atoms in total. The summed E-state index contributed by atoms with van der Waals surface area (Å²) in [5, 5.41) is 17.9. The minimum atomic E-state index is -0.424. The number of rotatable bonds is 6. The zero-order valence-corrected chi connectivity index (χ0v) is 15.5. The summed E-state index contributed by atoms with van der Waals surface area (Å²) in [7, 11) is 0. The van der Waals surface area contributed by atoms with Gasteiger partial charge in [-0.3, -0.25) is 4.79 Å². The molecule has 9 heteroatoms. The summed E-state index contributed by atoms with van der Waals surface area (Å²) in [5.41, 5.74) is 1.03. The molecule has 1 aliphatic heterocycles. The van der Waals surface area contributed by atoms with E-state index >= 15 is 0 Å². The van der Waals surface area contributed by atoms with E-state index in [1.807, 2.05) is 6.07 Å². The van der Waals surface area contributed by atoms with E-state index in [2.05, 4.69) is 15.8 Å². The fourth-order valence-corrected chi connectivity index (χ4v) is 2.87. The highest BCUT2D eigenvalue weighted by molar-refractivity contribution is 5.96. The molecule has 0 unspecified atom stereocenters. The Morgan fingerprint density at radius 1 is 1.32 bits per heavy atom. The monoisotopic (exact) mass is 383 g/mol. The number of urea groups is 1. The van der Waals surface area contributed by atoms with E-state index in [9.17, 15) is 9.59 Å². The number of carbonyl (C=O) groups excluding carboxylic acids is 2. The molecule has 0 bridgehead atoms. The first-order valence-electron chi connectivity index (χ1n) is 8.94. The van der Waals surface area contributed by atoms with Gasteiger partial charge in [-0.15, -0.1) is 0 Å². The van der Waals surface area contributed by atoms with Crippen molar-refractivity contribution in [2.24, 2.45) is 0 Å². The number of hydrogen-bond donors (Lipinski definition) is 2. The van der Waals surface area contributed by atoms with Crippen LogP contribution in [0.5, 0.6) is 0 Å². The number of benzene rings is 1. The lowest BCUT2D eigenvalue weighted by atomic mass is 10.2. The van der Waals surface area contributed by atoms with E-state index in [1.165, 1.54) is 4.90 Å². The molecular formula is C19H21N5O4. The Balaban J connectivity index is 1.65. The van der Waals surface area contributed by atoms with Gasteiger partial charge in [0.25, 0.3) is 0 Å². The second-order valence-corrected chi connectivity index (χ2v) is 6.51. The number of ether oxygens (including phenoxy) is 1. The average Bonchev–Trinajstić information content (AvgIpc) is 3.33. The number of nitriles is 1. The first-order chi connectivity index (χ1) is 13.5. The Morgan fingerprint density at radius 2 is 2.11 bits per heavy atom. The smallest absolute Gasteiger partial charge is 0.322 e. The van der Waals surface area contributed by atoms with Crippen LogP contribution in [0.4, 0.5) is 16.3 Å². The summed E-state index contributed by atoms with van der Waals surface area (Å²) in [4.78, 5) is 26.5. The van der Waals surface area contributed by atoms with Gasteiger partial charge in [-0.2, -0.15) is 5.26 Å². The first-order valence-corrected chi connectivity index (χ1v) is 8.94. The molecule has 2 heterocycles. The standard InChI is InChI=1S/C19H21N5O4/c1-13-9-17(23-28-13)22-18(25)12-24(11-16-3-2-8-27-16)19(26)21-15-6-4-14(10-20)5-7-15/h4-7,9,16H,2-3,8,11-12H2,1H3,(H,21,26)(H,22,23,25)/t16-/m1/s1. The molecule has 28 heavy (non-hydrogen) atoms. The van der Waals surface area contributed by atoms with Gasteiger partial charge in [-0.25, -0.2) is 4.79 Å². The van der Waals surface area contributed by atoms with Gasteiger partial charge in [0.1, 0.15) is 12.3 Å². The number of carbonyl (C=O) groups is 2. The van der Waals surface area contributed by atoms with Gasteiger partial charge >= 0.3 is 6.03 Å². The molecule has 0 saturated carbocycles. The van der Waals surface area contributed by atoms with Crippen LogP contribution in [0.3, 0.4) is 0 Å². The number of aromatic nitrogens is 1. The lowest BCUT2D eigenvalue weighted by Gasteiger charge is -2.25. The second kappa shape index (κ2) is 9.01. The lowest BCUT2D eigenvalue weighted by molar-refractivity contribution is -0.117. The van der Waals surface area contributed by atoms with Gasteiger partial charge in [0, 0.05) is 24.9 Å². The number of nitrogens with zero attached hydrogens (tertiary/aromatic N) is 3. The van der Waals surface area contributed by atoms with Gasteiger partial charge in [0.2, 0.25) is 5.91 Å². The van der Waals surface area contributed by atoms with Crippen LogP contribution in [-0.4, -0.2) is 47.8 Å². The summed E-state index contributed by atoms with van der Waals surface area (Å²) in [6, 6.07) is 9.69. The van der Waals surface area contributed by atoms with Crippen molar-refractivity contribution >= 4 is 23.4 Å². The van der Waals surface area contributed by atoms with Crippen LogP contribution < -0.4 is 10.6 Å². The van der Waals surface area contributed by atoms with Crippen LogP contribution in [0.25, 0.3) is 0 Å². The third-order valence-electron chi connectivity index (χ3n) is 4.23. The number of nitrogens with one attached hydrogen (secondary N) is 2. The molecule has 1 aromatic heterocycles. The molecule has 2 N–H and O–H groups in total.